The number of hydrogen-bond donors (Lipinski definition) is 0. The Kier molecular flexibility index (Phi) is 7.57. The normalized spacial score (nSPS) is 12.5. The number of oxime groups is 1. The minimum atomic E-state index is -4.44. The van der Waals surface area contributed by atoms with Gasteiger partial charge in [-0.3, -0.25) is 4.68 Å². The molecule has 0 N–H and O–H groups in total. The van der Waals surface area contributed by atoms with Crippen molar-refractivity contribution in [2.75, 3.05) is 27.3 Å². The van der Waals surface area contributed by atoms with Crippen molar-refractivity contribution in [2.45, 2.75) is 26.6 Å². The van der Waals surface area contributed by atoms with Crippen molar-refractivity contribution < 1.29 is 22.7 Å². The molecule has 33 heavy (non-hydrogen) atoms. The van der Waals surface area contributed by atoms with Crippen LogP contribution < -0.4 is 4.74 Å². The Hall–Kier alpha value is -3.56. The molecule has 0 bridgehead atoms. The Bertz CT molecular complexity index is 1150. The summed E-state index contributed by atoms with van der Waals surface area (Å²) in [5.74, 6) is 0.0920. The molecule has 0 spiro atoms. The van der Waals surface area contributed by atoms with Gasteiger partial charge in [0.25, 0.3) is 0 Å². The summed E-state index contributed by atoms with van der Waals surface area (Å²) in [5, 5.41) is 9.30. The third-order valence-electron chi connectivity index (χ3n) is 4.97. The maximum atomic E-state index is 12.9. The van der Waals surface area contributed by atoms with E-state index in [2.05, 4.69) is 15.2 Å². The fourth-order valence-corrected chi connectivity index (χ4v) is 3.06. The van der Waals surface area contributed by atoms with Gasteiger partial charge in [-0.1, -0.05) is 11.2 Å². The predicted octanol–water partition coefficient (Wildman–Crippen LogP) is 5.06. The Morgan fingerprint density at radius 2 is 2.03 bits per heavy atom. The molecule has 0 aliphatic carbocycles. The molecule has 0 saturated carbocycles. The van der Waals surface area contributed by atoms with Crippen LogP contribution in [0.15, 0.2) is 52.7 Å². The number of nitrogens with zero attached hydrogens (tertiary/aromatic N) is 5. The van der Waals surface area contributed by atoms with Crippen LogP contribution in [0.4, 0.5) is 18.9 Å². The number of aryl methyl sites for hydroxylation is 1. The largest absolute Gasteiger partial charge is 0.487 e. The van der Waals surface area contributed by atoms with E-state index >= 15 is 0 Å². The number of aromatic nitrogens is 2. The molecule has 1 aromatic heterocycles. The van der Waals surface area contributed by atoms with E-state index in [0.29, 0.717) is 5.71 Å². The summed E-state index contributed by atoms with van der Waals surface area (Å²) in [5.41, 5.74) is 2.39. The van der Waals surface area contributed by atoms with Gasteiger partial charge in [0.1, 0.15) is 25.2 Å². The molecule has 3 rings (SSSR count). The lowest BCUT2D eigenvalue weighted by Crippen LogP contribution is -2.19. The van der Waals surface area contributed by atoms with Crippen LogP contribution in [-0.4, -0.2) is 54.0 Å². The van der Waals surface area contributed by atoms with Gasteiger partial charge in [-0.05, 0) is 49.7 Å². The van der Waals surface area contributed by atoms with Gasteiger partial charge in [0, 0.05) is 19.0 Å². The number of halogens is 3. The Morgan fingerprint density at radius 3 is 2.73 bits per heavy atom. The highest BCUT2D eigenvalue weighted by Crippen LogP contribution is 2.31. The van der Waals surface area contributed by atoms with Crippen molar-refractivity contribution in [2.24, 2.45) is 10.1 Å². The maximum Gasteiger partial charge on any atom is 0.416 e. The second-order valence-corrected chi connectivity index (χ2v) is 7.47. The topological polar surface area (TPSA) is 64.2 Å². The van der Waals surface area contributed by atoms with E-state index in [1.54, 1.807) is 17.2 Å². The van der Waals surface area contributed by atoms with E-state index < -0.39 is 11.7 Å². The summed E-state index contributed by atoms with van der Waals surface area (Å²) in [4.78, 5) is 11.4. The average Bonchev–Trinajstić information content (AvgIpc) is 3.16. The minimum absolute atomic E-state index is 0.0543. The highest BCUT2D eigenvalue weighted by atomic mass is 19.4. The van der Waals surface area contributed by atoms with Gasteiger partial charge >= 0.3 is 6.18 Å². The first-order chi connectivity index (χ1) is 15.7. The summed E-state index contributed by atoms with van der Waals surface area (Å²) >= 11 is 0. The third-order valence-corrected chi connectivity index (χ3v) is 4.97. The average molecular weight is 461 g/mol. The molecule has 2 aromatic carbocycles. The first-order valence-electron chi connectivity index (χ1n) is 10.3. The summed E-state index contributed by atoms with van der Waals surface area (Å²) in [6.45, 7) is 5.06. The van der Waals surface area contributed by atoms with E-state index in [1.165, 1.54) is 19.2 Å². The Labute approximate surface area is 190 Å². The zero-order chi connectivity index (χ0) is 24.0. The van der Waals surface area contributed by atoms with Crippen LogP contribution in [0.3, 0.4) is 0 Å². The van der Waals surface area contributed by atoms with Crippen LogP contribution in [0, 0.1) is 6.92 Å². The molecule has 0 aliphatic rings. The fraction of sp³-hybridized carbons (Fsp3) is 0.348. The van der Waals surface area contributed by atoms with Crippen molar-refractivity contribution in [1.29, 1.82) is 0 Å². The molecule has 0 fully saturated rings. The van der Waals surface area contributed by atoms with Crippen LogP contribution >= 0.6 is 0 Å². The Morgan fingerprint density at radius 1 is 1.24 bits per heavy atom. The van der Waals surface area contributed by atoms with Crippen molar-refractivity contribution in [3.63, 3.8) is 0 Å². The summed E-state index contributed by atoms with van der Waals surface area (Å²) in [6.07, 6.45) is -0.925. The van der Waals surface area contributed by atoms with Gasteiger partial charge in [0.15, 0.2) is 0 Å². The summed E-state index contributed by atoms with van der Waals surface area (Å²) in [6, 6.07) is 8.65. The highest BCUT2D eigenvalue weighted by Gasteiger charge is 2.30. The van der Waals surface area contributed by atoms with Crippen LogP contribution in [0.5, 0.6) is 5.75 Å². The number of fused-ring (bicyclic) bond motifs is 1. The van der Waals surface area contributed by atoms with E-state index in [1.807, 2.05) is 37.9 Å². The van der Waals surface area contributed by atoms with E-state index in [0.717, 1.165) is 40.8 Å². The first-order valence-corrected chi connectivity index (χ1v) is 10.3. The van der Waals surface area contributed by atoms with Crippen molar-refractivity contribution in [1.82, 2.24) is 14.7 Å². The van der Waals surface area contributed by atoms with Crippen LogP contribution in [0.2, 0.25) is 0 Å². The molecule has 3 aromatic rings. The zero-order valence-corrected chi connectivity index (χ0v) is 18.9. The number of benzene rings is 2. The first kappa shape index (κ1) is 24.1. The van der Waals surface area contributed by atoms with Gasteiger partial charge < -0.3 is 14.5 Å². The molecule has 10 heteroatoms. The molecule has 0 atom stereocenters. The number of alkyl halides is 3. The predicted molar refractivity (Wildman–Crippen MR) is 122 cm³/mol. The zero-order valence-electron chi connectivity index (χ0n) is 18.9. The fourth-order valence-electron chi connectivity index (χ4n) is 3.06. The van der Waals surface area contributed by atoms with E-state index in [4.69, 9.17) is 9.57 Å². The van der Waals surface area contributed by atoms with Crippen LogP contribution in [-0.2, 0) is 17.6 Å². The second-order valence-electron chi connectivity index (χ2n) is 7.47. The molecule has 1 heterocycles. The van der Waals surface area contributed by atoms with E-state index in [-0.39, 0.29) is 18.9 Å². The quantitative estimate of drug-likeness (QED) is 0.254. The lowest BCUT2D eigenvalue weighted by atomic mass is 10.1. The van der Waals surface area contributed by atoms with Gasteiger partial charge in [0.05, 0.1) is 35.8 Å². The molecule has 0 unspecified atom stereocenters. The van der Waals surface area contributed by atoms with Gasteiger partial charge in [0.2, 0.25) is 0 Å². The van der Waals surface area contributed by atoms with Gasteiger partial charge in [-0.15, -0.1) is 0 Å². The number of rotatable bonds is 9. The van der Waals surface area contributed by atoms with Crippen molar-refractivity contribution >= 4 is 28.6 Å². The third kappa shape index (κ3) is 6.24. The number of ether oxygens (including phenoxy) is 1. The second kappa shape index (κ2) is 10.4. The van der Waals surface area contributed by atoms with E-state index in [9.17, 15) is 13.2 Å². The number of aliphatic imine (C=N–C) groups is 1. The summed E-state index contributed by atoms with van der Waals surface area (Å²) in [7, 11) is 3.35. The standard InChI is InChI=1S/C23H26F3N5O2/c1-5-30(3)15-27-21-10-17-12-28-31(22(17)9-16(21)2)13-19(29-32-4)14-33-20-8-6-7-18(11-20)23(24,25)26/h6-12,15H,5,13-14H2,1-4H3/b27-15?,29-19-. The van der Waals surface area contributed by atoms with Crippen LogP contribution in [0.25, 0.3) is 10.9 Å². The monoisotopic (exact) mass is 461 g/mol. The molecular weight excluding hydrogens is 435 g/mol. The number of hydrogen-bond acceptors (Lipinski definition) is 5. The van der Waals surface area contributed by atoms with Crippen molar-refractivity contribution in [3.05, 3.63) is 53.7 Å². The SMILES string of the molecule is CCN(C)C=Nc1cc2cnn(C/C(COc3cccc(C(F)(F)F)c3)=N/OC)c2cc1C. The smallest absolute Gasteiger partial charge is 0.416 e. The molecule has 0 saturated heterocycles. The Balaban J connectivity index is 1.77. The highest BCUT2D eigenvalue weighted by molar-refractivity contribution is 5.89. The van der Waals surface area contributed by atoms with Gasteiger partial charge in [-0.2, -0.15) is 18.3 Å². The van der Waals surface area contributed by atoms with Gasteiger partial charge in [-0.25, -0.2) is 4.99 Å². The maximum absolute atomic E-state index is 12.9. The molecule has 7 nitrogen and oxygen atoms in total. The lowest BCUT2D eigenvalue weighted by Gasteiger charge is -2.12. The molecular formula is C23H26F3N5O2. The van der Waals surface area contributed by atoms with Crippen LogP contribution in [0.1, 0.15) is 18.1 Å². The van der Waals surface area contributed by atoms with Crippen molar-refractivity contribution in [3.8, 4) is 5.75 Å². The summed E-state index contributed by atoms with van der Waals surface area (Å²) < 4.78 is 46.1. The molecule has 176 valence electrons. The molecule has 0 aliphatic heterocycles. The molecule has 0 radical (unpaired) electrons. The minimum Gasteiger partial charge on any atom is -0.487 e. The molecule has 0 amide bonds. The lowest BCUT2D eigenvalue weighted by molar-refractivity contribution is -0.137.